The highest BCUT2D eigenvalue weighted by Crippen LogP contribution is 2.35. The number of halogens is 1. The number of fused-ring (bicyclic) bond motifs is 1. The molecule has 2 aromatic rings. The number of carbonyl (C=O) groups is 1. The number of sulfonamides is 1. The highest BCUT2D eigenvalue weighted by atomic mass is 79.9. The third kappa shape index (κ3) is 3.26. The van der Waals surface area contributed by atoms with Crippen LogP contribution in [0, 0.1) is 0 Å². The Morgan fingerprint density at radius 3 is 2.88 bits per heavy atom. The molecule has 0 saturated heterocycles. The number of rotatable bonds is 5. The van der Waals surface area contributed by atoms with Gasteiger partial charge in [0.2, 0.25) is 15.9 Å². The largest absolute Gasteiger partial charge is 0.468 e. The normalized spacial score (nSPS) is 14.0. The van der Waals surface area contributed by atoms with E-state index < -0.39 is 10.0 Å². The lowest BCUT2D eigenvalue weighted by Crippen LogP contribution is -2.28. The molecular formula is C16H17BrN2O4S. The molecule has 128 valence electrons. The molecule has 0 fully saturated rings. The quantitative estimate of drug-likeness (QED) is 0.818. The van der Waals surface area contributed by atoms with Crippen molar-refractivity contribution in [3.63, 3.8) is 0 Å². The Morgan fingerprint density at radius 2 is 2.21 bits per heavy atom. The number of anilines is 1. The first-order valence-corrected chi connectivity index (χ1v) is 9.85. The Hall–Kier alpha value is -1.64. The molecule has 0 aliphatic carbocycles. The van der Waals surface area contributed by atoms with Crippen molar-refractivity contribution in [2.24, 2.45) is 0 Å². The maximum Gasteiger partial charge on any atom is 0.242 e. The van der Waals surface area contributed by atoms with Gasteiger partial charge in [-0.2, -0.15) is 0 Å². The summed E-state index contributed by atoms with van der Waals surface area (Å²) < 4.78 is 33.4. The van der Waals surface area contributed by atoms with E-state index in [4.69, 9.17) is 4.42 Å². The van der Waals surface area contributed by atoms with Crippen molar-refractivity contribution in [3.05, 3.63) is 46.3 Å². The fraction of sp³-hybridized carbons (Fsp3) is 0.312. The number of benzene rings is 1. The molecular weight excluding hydrogens is 396 g/mol. The number of amides is 1. The molecule has 1 N–H and O–H groups in total. The second kappa shape index (κ2) is 6.70. The molecule has 0 unspecified atom stereocenters. The van der Waals surface area contributed by atoms with E-state index in [2.05, 4.69) is 20.7 Å². The minimum absolute atomic E-state index is 0.0111. The summed E-state index contributed by atoms with van der Waals surface area (Å²) in [6.45, 7) is 2.44. The number of furan rings is 1. The molecule has 6 nitrogen and oxygen atoms in total. The number of nitrogens with zero attached hydrogens (tertiary/aromatic N) is 1. The van der Waals surface area contributed by atoms with Gasteiger partial charge in [0.05, 0.1) is 17.7 Å². The van der Waals surface area contributed by atoms with Crippen molar-refractivity contribution < 1.29 is 17.6 Å². The summed E-state index contributed by atoms with van der Waals surface area (Å²) in [6.07, 6.45) is 2.59. The Bertz CT molecular complexity index is 862. The minimum Gasteiger partial charge on any atom is -0.468 e. The number of nitrogens with one attached hydrogen (secondary N) is 1. The van der Waals surface area contributed by atoms with E-state index in [-0.39, 0.29) is 17.3 Å². The molecule has 0 radical (unpaired) electrons. The maximum absolute atomic E-state index is 12.6. The smallest absolute Gasteiger partial charge is 0.242 e. The Morgan fingerprint density at radius 1 is 1.42 bits per heavy atom. The van der Waals surface area contributed by atoms with Gasteiger partial charge < -0.3 is 9.32 Å². The predicted octanol–water partition coefficient (Wildman–Crippen LogP) is 2.82. The zero-order valence-electron chi connectivity index (χ0n) is 13.1. The van der Waals surface area contributed by atoms with Crippen molar-refractivity contribution in [2.75, 3.05) is 11.4 Å². The molecule has 24 heavy (non-hydrogen) atoms. The third-order valence-electron chi connectivity index (χ3n) is 3.94. The van der Waals surface area contributed by atoms with Crippen LogP contribution in [0.5, 0.6) is 0 Å². The number of hydrogen-bond donors (Lipinski definition) is 1. The lowest BCUT2D eigenvalue weighted by atomic mass is 10.2. The van der Waals surface area contributed by atoms with Crippen LogP contribution >= 0.6 is 15.9 Å². The van der Waals surface area contributed by atoms with Crippen LogP contribution in [0.25, 0.3) is 0 Å². The summed E-state index contributed by atoms with van der Waals surface area (Å²) in [5.41, 5.74) is 1.64. The van der Waals surface area contributed by atoms with Gasteiger partial charge in [-0.25, -0.2) is 13.1 Å². The molecule has 1 aromatic carbocycles. The first kappa shape index (κ1) is 17.2. The Kier molecular flexibility index (Phi) is 4.80. The van der Waals surface area contributed by atoms with Gasteiger partial charge in [0.1, 0.15) is 5.76 Å². The van der Waals surface area contributed by atoms with Crippen LogP contribution in [0.3, 0.4) is 0 Å². The molecule has 1 aromatic heterocycles. The Labute approximate surface area is 149 Å². The zero-order chi connectivity index (χ0) is 17.3. The predicted molar refractivity (Wildman–Crippen MR) is 93.2 cm³/mol. The summed E-state index contributed by atoms with van der Waals surface area (Å²) in [6, 6.07) is 6.73. The Balaban J connectivity index is 1.92. The van der Waals surface area contributed by atoms with Crippen molar-refractivity contribution in [1.29, 1.82) is 0 Å². The second-order valence-electron chi connectivity index (χ2n) is 5.46. The summed E-state index contributed by atoms with van der Waals surface area (Å²) in [5, 5.41) is 0. The van der Waals surface area contributed by atoms with Gasteiger partial charge >= 0.3 is 0 Å². The van der Waals surface area contributed by atoms with Gasteiger partial charge in [-0.3, -0.25) is 4.79 Å². The monoisotopic (exact) mass is 412 g/mol. The summed E-state index contributed by atoms with van der Waals surface area (Å²) >= 11 is 3.33. The molecule has 0 saturated carbocycles. The second-order valence-corrected chi connectivity index (χ2v) is 8.05. The van der Waals surface area contributed by atoms with Crippen LogP contribution in [0.4, 0.5) is 5.69 Å². The number of hydrogen-bond acceptors (Lipinski definition) is 4. The van der Waals surface area contributed by atoms with E-state index in [9.17, 15) is 13.2 Å². The molecule has 1 amide bonds. The van der Waals surface area contributed by atoms with Crippen molar-refractivity contribution in [1.82, 2.24) is 4.72 Å². The van der Waals surface area contributed by atoms with Crippen LogP contribution in [0.1, 0.15) is 24.7 Å². The SMILES string of the molecule is CCC(=O)N1CCc2cc(Br)c(S(=O)(=O)NCc3ccco3)cc21. The highest BCUT2D eigenvalue weighted by molar-refractivity contribution is 9.10. The van der Waals surface area contributed by atoms with E-state index in [1.165, 1.54) is 6.26 Å². The maximum atomic E-state index is 12.6. The van der Waals surface area contributed by atoms with Crippen molar-refractivity contribution >= 4 is 37.5 Å². The van der Waals surface area contributed by atoms with Gasteiger partial charge in [-0.15, -0.1) is 0 Å². The topological polar surface area (TPSA) is 79.6 Å². The van der Waals surface area contributed by atoms with Gasteiger partial charge in [0.15, 0.2) is 0 Å². The first-order chi connectivity index (χ1) is 11.4. The molecule has 1 aliphatic rings. The summed E-state index contributed by atoms with van der Waals surface area (Å²) in [4.78, 5) is 13.8. The van der Waals surface area contributed by atoms with Gasteiger partial charge in [0, 0.05) is 23.1 Å². The fourth-order valence-electron chi connectivity index (χ4n) is 2.70. The van der Waals surface area contributed by atoms with Crippen LogP contribution in [0.15, 0.2) is 44.3 Å². The first-order valence-electron chi connectivity index (χ1n) is 7.57. The molecule has 8 heteroatoms. The average molecular weight is 413 g/mol. The standard InChI is InChI=1S/C16H17BrN2O4S/c1-2-16(20)19-6-5-11-8-13(17)15(9-14(11)19)24(21,22)18-10-12-4-3-7-23-12/h3-4,7-9,18H,2,5-6,10H2,1H3. The van der Waals surface area contributed by atoms with E-state index >= 15 is 0 Å². The van der Waals surface area contributed by atoms with Gasteiger partial charge in [0.25, 0.3) is 0 Å². The van der Waals surface area contributed by atoms with Crippen LogP contribution < -0.4 is 9.62 Å². The van der Waals surface area contributed by atoms with E-state index in [1.54, 1.807) is 36.1 Å². The van der Waals surface area contributed by atoms with Crippen molar-refractivity contribution in [2.45, 2.75) is 31.2 Å². The van der Waals surface area contributed by atoms with Gasteiger partial charge in [-0.05, 0) is 52.2 Å². The summed E-state index contributed by atoms with van der Waals surface area (Å²) in [5.74, 6) is 0.515. The van der Waals surface area contributed by atoms with E-state index in [0.717, 1.165) is 12.0 Å². The molecule has 2 heterocycles. The lowest BCUT2D eigenvalue weighted by molar-refractivity contribution is -0.118. The highest BCUT2D eigenvalue weighted by Gasteiger charge is 2.28. The molecule has 1 aliphatic heterocycles. The molecule has 0 atom stereocenters. The van der Waals surface area contributed by atoms with Crippen LogP contribution in [-0.4, -0.2) is 20.9 Å². The minimum atomic E-state index is -3.74. The fourth-order valence-corrected chi connectivity index (χ4v) is 4.80. The molecule has 3 rings (SSSR count). The third-order valence-corrected chi connectivity index (χ3v) is 6.30. The van der Waals surface area contributed by atoms with Crippen LogP contribution in [0.2, 0.25) is 0 Å². The average Bonchev–Trinajstić information content (AvgIpc) is 3.20. The lowest BCUT2D eigenvalue weighted by Gasteiger charge is -2.18. The molecule has 0 spiro atoms. The summed E-state index contributed by atoms with van der Waals surface area (Å²) in [7, 11) is -3.74. The van der Waals surface area contributed by atoms with Crippen LogP contribution in [-0.2, 0) is 27.8 Å². The number of carbonyl (C=O) groups excluding carboxylic acids is 1. The molecule has 0 bridgehead atoms. The van der Waals surface area contributed by atoms with Crippen molar-refractivity contribution in [3.8, 4) is 0 Å². The van der Waals surface area contributed by atoms with E-state index in [1.807, 2.05) is 0 Å². The van der Waals surface area contributed by atoms with E-state index in [0.29, 0.717) is 28.9 Å². The zero-order valence-corrected chi connectivity index (χ0v) is 15.5. The van der Waals surface area contributed by atoms with Gasteiger partial charge in [-0.1, -0.05) is 6.92 Å².